The number of rotatable bonds is 3. The molecule has 0 aromatic carbocycles. The third kappa shape index (κ3) is 1.99. The number of hydrogen-bond acceptors (Lipinski definition) is 6. The van der Waals surface area contributed by atoms with Crippen LogP contribution in [-0.4, -0.2) is 51.8 Å². The number of nitrogens with one attached hydrogen (secondary N) is 1. The van der Waals surface area contributed by atoms with E-state index in [1.54, 1.807) is 0 Å². The van der Waals surface area contributed by atoms with Crippen LogP contribution in [0.1, 0.15) is 6.23 Å². The van der Waals surface area contributed by atoms with Crippen LogP contribution in [0, 0.1) is 0 Å². The predicted molar refractivity (Wildman–Crippen MR) is 59.1 cm³/mol. The summed E-state index contributed by atoms with van der Waals surface area (Å²) in [7, 11) is 1.33. The quantitative estimate of drug-likeness (QED) is 0.567. The Bertz CT molecular complexity index is 495. The van der Waals surface area contributed by atoms with Gasteiger partial charge in [0.1, 0.15) is 18.3 Å². The molecule has 1 aliphatic rings. The molecule has 18 heavy (non-hydrogen) atoms. The molecule has 8 heteroatoms. The fourth-order valence-electron chi connectivity index (χ4n) is 2.01. The van der Waals surface area contributed by atoms with Crippen molar-refractivity contribution in [3.05, 3.63) is 33.1 Å². The fraction of sp³-hybridized carbons (Fsp3) is 0.600. The van der Waals surface area contributed by atoms with Crippen LogP contribution in [0.25, 0.3) is 0 Å². The average molecular weight is 258 g/mol. The molecule has 4 atom stereocenters. The average Bonchev–Trinajstić information content (AvgIpc) is 2.65. The molecule has 3 N–H and O–H groups in total. The maximum Gasteiger partial charge on any atom is 0.330 e. The van der Waals surface area contributed by atoms with Crippen molar-refractivity contribution in [1.29, 1.82) is 0 Å². The lowest BCUT2D eigenvalue weighted by molar-refractivity contribution is -0.0640. The summed E-state index contributed by atoms with van der Waals surface area (Å²) in [5, 5.41) is 18.9. The molecule has 0 bridgehead atoms. The van der Waals surface area contributed by atoms with Gasteiger partial charge in [-0.1, -0.05) is 0 Å². The predicted octanol–water partition coefficient (Wildman–Crippen LogP) is -2.20. The summed E-state index contributed by atoms with van der Waals surface area (Å²) in [6.07, 6.45) is -2.76. The summed E-state index contributed by atoms with van der Waals surface area (Å²) in [5.41, 5.74) is -1.24. The van der Waals surface area contributed by atoms with Crippen LogP contribution in [0.4, 0.5) is 0 Å². The molecule has 0 saturated carbocycles. The first-order valence-corrected chi connectivity index (χ1v) is 5.37. The first-order chi connectivity index (χ1) is 8.60. The number of H-pyrrole nitrogens is 1. The van der Waals surface area contributed by atoms with Gasteiger partial charge in [0.15, 0.2) is 6.23 Å². The van der Waals surface area contributed by atoms with Gasteiger partial charge in [-0.3, -0.25) is 4.79 Å². The number of aliphatic hydroxyl groups excluding tert-OH is 2. The molecule has 100 valence electrons. The number of nitrogens with zero attached hydrogens (tertiary/aromatic N) is 1. The van der Waals surface area contributed by atoms with Crippen LogP contribution in [0.2, 0.25) is 0 Å². The summed E-state index contributed by atoms with van der Waals surface area (Å²) in [4.78, 5) is 25.6. The summed E-state index contributed by atoms with van der Waals surface area (Å²) in [5.74, 6) is 0. The minimum absolute atomic E-state index is 0.434. The number of methoxy groups -OCH3 is 1. The van der Waals surface area contributed by atoms with Crippen LogP contribution in [-0.2, 0) is 9.47 Å². The highest BCUT2D eigenvalue weighted by atomic mass is 16.6. The van der Waals surface area contributed by atoms with Gasteiger partial charge in [0.2, 0.25) is 0 Å². The molecule has 1 aliphatic heterocycles. The van der Waals surface area contributed by atoms with Gasteiger partial charge in [0.25, 0.3) is 5.56 Å². The van der Waals surface area contributed by atoms with Gasteiger partial charge in [0.05, 0.1) is 6.61 Å². The highest BCUT2D eigenvalue weighted by Gasteiger charge is 2.45. The second kappa shape index (κ2) is 5.02. The van der Waals surface area contributed by atoms with Crippen LogP contribution < -0.4 is 11.2 Å². The van der Waals surface area contributed by atoms with E-state index >= 15 is 0 Å². The SMILES string of the molecule is COC1C(O)C(CO)O[C@H]1n1c(=O)cc[nH]c1=O. The van der Waals surface area contributed by atoms with E-state index in [9.17, 15) is 14.7 Å². The molecule has 1 aromatic rings. The van der Waals surface area contributed by atoms with Gasteiger partial charge in [-0.2, -0.15) is 0 Å². The molecule has 1 saturated heterocycles. The topological polar surface area (TPSA) is 114 Å². The van der Waals surface area contributed by atoms with E-state index in [1.165, 1.54) is 13.3 Å². The van der Waals surface area contributed by atoms with Crippen molar-refractivity contribution in [2.24, 2.45) is 0 Å². The van der Waals surface area contributed by atoms with Crippen molar-refractivity contribution in [3.63, 3.8) is 0 Å². The smallest absolute Gasteiger partial charge is 0.330 e. The monoisotopic (exact) mass is 258 g/mol. The highest BCUT2D eigenvalue weighted by Crippen LogP contribution is 2.29. The van der Waals surface area contributed by atoms with Crippen LogP contribution >= 0.6 is 0 Å². The van der Waals surface area contributed by atoms with Gasteiger partial charge in [-0.25, -0.2) is 9.36 Å². The van der Waals surface area contributed by atoms with Crippen LogP contribution in [0.15, 0.2) is 21.9 Å². The molecular weight excluding hydrogens is 244 g/mol. The molecule has 1 aromatic heterocycles. The van der Waals surface area contributed by atoms with Crippen molar-refractivity contribution < 1.29 is 19.7 Å². The molecule has 2 rings (SSSR count). The number of ether oxygens (including phenoxy) is 2. The van der Waals surface area contributed by atoms with Gasteiger partial charge < -0.3 is 24.7 Å². The summed E-state index contributed by atoms with van der Waals surface area (Å²) in [6, 6.07) is 1.16. The highest BCUT2D eigenvalue weighted by molar-refractivity contribution is 4.93. The third-order valence-electron chi connectivity index (χ3n) is 2.91. The molecular formula is C10H14N2O6. The van der Waals surface area contributed by atoms with E-state index in [2.05, 4.69) is 4.98 Å². The van der Waals surface area contributed by atoms with E-state index in [-0.39, 0.29) is 0 Å². The fourth-order valence-corrected chi connectivity index (χ4v) is 2.01. The van der Waals surface area contributed by atoms with Gasteiger partial charge in [-0.05, 0) is 0 Å². The van der Waals surface area contributed by atoms with Crippen LogP contribution in [0.5, 0.6) is 0 Å². The minimum atomic E-state index is -1.11. The Labute approximate surface area is 101 Å². The number of hydrogen-bond donors (Lipinski definition) is 3. The molecule has 0 spiro atoms. The number of aromatic nitrogens is 2. The summed E-state index contributed by atoms with van der Waals surface area (Å²) < 4.78 is 11.1. The van der Waals surface area contributed by atoms with Crippen molar-refractivity contribution in [3.8, 4) is 0 Å². The number of aromatic amines is 1. The van der Waals surface area contributed by atoms with Crippen molar-refractivity contribution in [2.75, 3.05) is 13.7 Å². The molecule has 1 fully saturated rings. The lowest BCUT2D eigenvalue weighted by atomic mass is 10.1. The van der Waals surface area contributed by atoms with Crippen molar-refractivity contribution >= 4 is 0 Å². The lowest BCUT2D eigenvalue weighted by Crippen LogP contribution is -2.42. The van der Waals surface area contributed by atoms with Crippen LogP contribution in [0.3, 0.4) is 0 Å². The van der Waals surface area contributed by atoms with E-state index in [0.717, 1.165) is 10.6 Å². The Hall–Kier alpha value is -1.48. The number of aliphatic hydroxyl groups is 2. The Kier molecular flexibility index (Phi) is 3.62. The second-order valence-corrected chi connectivity index (χ2v) is 3.93. The van der Waals surface area contributed by atoms with Gasteiger partial charge in [-0.15, -0.1) is 0 Å². The maximum absolute atomic E-state index is 11.7. The van der Waals surface area contributed by atoms with E-state index in [0.29, 0.717) is 0 Å². The van der Waals surface area contributed by atoms with E-state index in [4.69, 9.17) is 14.6 Å². The Morgan fingerprint density at radius 3 is 2.83 bits per heavy atom. The molecule has 2 heterocycles. The minimum Gasteiger partial charge on any atom is -0.394 e. The first kappa shape index (κ1) is 13.0. The van der Waals surface area contributed by atoms with Gasteiger partial charge >= 0.3 is 5.69 Å². The normalized spacial score (nSPS) is 31.7. The Morgan fingerprint density at radius 2 is 2.28 bits per heavy atom. The van der Waals surface area contributed by atoms with Crippen molar-refractivity contribution in [1.82, 2.24) is 9.55 Å². The Morgan fingerprint density at radius 1 is 1.56 bits per heavy atom. The summed E-state index contributed by atoms with van der Waals surface area (Å²) in [6.45, 7) is -0.434. The first-order valence-electron chi connectivity index (χ1n) is 5.37. The largest absolute Gasteiger partial charge is 0.394 e. The zero-order chi connectivity index (χ0) is 13.3. The third-order valence-corrected chi connectivity index (χ3v) is 2.91. The molecule has 8 nitrogen and oxygen atoms in total. The van der Waals surface area contributed by atoms with E-state index in [1.807, 2.05) is 0 Å². The lowest BCUT2D eigenvalue weighted by Gasteiger charge is -2.19. The second-order valence-electron chi connectivity index (χ2n) is 3.93. The standard InChI is InChI=1S/C10H14N2O6/c1-17-8-7(15)5(4-13)18-9(8)12-6(14)2-3-11-10(12)16/h2-3,5,7-9,13,15H,4H2,1H3,(H,11,16)/t5?,7?,8?,9-/m1/s1. The van der Waals surface area contributed by atoms with Gasteiger partial charge in [0, 0.05) is 19.4 Å². The van der Waals surface area contributed by atoms with E-state index < -0.39 is 42.4 Å². The molecule has 0 radical (unpaired) electrons. The zero-order valence-corrected chi connectivity index (χ0v) is 9.65. The summed E-state index contributed by atoms with van der Waals surface area (Å²) >= 11 is 0. The maximum atomic E-state index is 11.7. The Balaban J connectivity index is 2.44. The zero-order valence-electron chi connectivity index (χ0n) is 9.65. The molecule has 0 aliphatic carbocycles. The molecule has 3 unspecified atom stereocenters. The van der Waals surface area contributed by atoms with Crippen molar-refractivity contribution in [2.45, 2.75) is 24.5 Å². The molecule has 0 amide bonds.